The normalized spacial score (nSPS) is 9.73. The maximum atomic E-state index is 10.7. The number of rotatable bonds is 7. The Morgan fingerprint density at radius 3 is 0.978 bits per heavy atom. The van der Waals surface area contributed by atoms with Crippen LogP contribution in [0.1, 0.15) is 18.6 Å². The van der Waals surface area contributed by atoms with Crippen LogP contribution in [-0.4, -0.2) is 67.8 Å². The SMILES string of the molecule is C.CO.CO.Cc1ccnc(-c2[c-]cc(-c3ccccc3)cc2)c1.Cc1ccnc(-c2ccc(-c3ccccc3)cc2)c1.O=S(=O)(O)C(F)(F)F.[Ir].[Ir].[c-]1ccccc1-c1ccccn1.[c-]1ccccc1-c1ccccn1.[c-]1ccccc1-c1ccccn1. The van der Waals surface area contributed by atoms with Crippen molar-refractivity contribution in [1.82, 2.24) is 24.9 Å². The Hall–Kier alpha value is -8.79. The summed E-state index contributed by atoms with van der Waals surface area (Å²) in [6, 6.07) is 97.5. The Bertz CT molecular complexity index is 3450. The minimum absolute atomic E-state index is 0. The van der Waals surface area contributed by atoms with Crippen LogP contribution in [0.5, 0.6) is 0 Å². The Labute approximate surface area is 548 Å². The van der Waals surface area contributed by atoms with Gasteiger partial charge in [0.1, 0.15) is 0 Å². The number of pyridine rings is 5. The van der Waals surface area contributed by atoms with Gasteiger partial charge in [0, 0.05) is 91.0 Å². The van der Waals surface area contributed by atoms with E-state index in [-0.39, 0.29) is 47.6 Å². The Morgan fingerprint density at radius 1 is 0.348 bits per heavy atom. The van der Waals surface area contributed by atoms with E-state index in [2.05, 4.69) is 148 Å². The van der Waals surface area contributed by atoms with Gasteiger partial charge in [0.15, 0.2) is 0 Å². The monoisotopic (exact) mass is 1570 g/mol. The third-order valence-corrected chi connectivity index (χ3v) is 12.1. The van der Waals surface area contributed by atoms with Crippen LogP contribution < -0.4 is 0 Å². The molecule has 0 unspecified atom stereocenters. The predicted octanol–water partition coefficient (Wildman–Crippen LogP) is 17.1. The number of halogens is 3. The third kappa shape index (κ3) is 27.0. The van der Waals surface area contributed by atoms with Crippen LogP contribution in [0.15, 0.2) is 286 Å². The van der Waals surface area contributed by atoms with Crippen LogP contribution in [-0.2, 0) is 50.3 Å². The zero-order valence-electron chi connectivity index (χ0n) is 48.2. The first-order valence-corrected chi connectivity index (χ1v) is 27.9. The first-order chi connectivity index (χ1) is 41.8. The third-order valence-electron chi connectivity index (χ3n) is 11.6. The summed E-state index contributed by atoms with van der Waals surface area (Å²) in [5, 5.41) is 14.0. The molecule has 12 rings (SSSR count). The van der Waals surface area contributed by atoms with Crippen molar-refractivity contribution in [1.29, 1.82) is 0 Å². The number of aromatic nitrogens is 5. The molecular weight excluding hydrogens is 1500 g/mol. The number of benzene rings is 7. The van der Waals surface area contributed by atoms with Gasteiger partial charge in [0.05, 0.1) is 5.69 Å². The Morgan fingerprint density at radius 2 is 0.652 bits per heavy atom. The van der Waals surface area contributed by atoms with Gasteiger partial charge in [-0.2, -0.15) is 21.6 Å². The minimum Gasteiger partial charge on any atom is -0.400 e. The van der Waals surface area contributed by atoms with Gasteiger partial charge in [-0.25, -0.2) is 0 Å². The molecule has 0 amide bonds. The van der Waals surface area contributed by atoms with Gasteiger partial charge in [-0.15, -0.1) is 138 Å². The number of aliphatic hydroxyl groups excluding tert-OH is 2. The molecule has 0 saturated heterocycles. The van der Waals surface area contributed by atoms with Gasteiger partial charge in [-0.05, 0) is 89.7 Å². The largest absolute Gasteiger partial charge is 0.522 e. The fraction of sp³-hybridized carbons (Fsp3) is 0.0822. The number of aryl methyl sites for hydroxylation is 2. The molecule has 3 N–H and O–H groups in total. The van der Waals surface area contributed by atoms with E-state index in [0.717, 1.165) is 70.5 Å². The van der Waals surface area contributed by atoms with Crippen molar-refractivity contribution in [2.24, 2.45) is 0 Å². The number of hydrogen-bond acceptors (Lipinski definition) is 9. The summed E-state index contributed by atoms with van der Waals surface area (Å²) in [5.74, 6) is 0. The molecule has 0 aliphatic rings. The van der Waals surface area contributed by atoms with Crippen molar-refractivity contribution in [3.8, 4) is 78.5 Å². The summed E-state index contributed by atoms with van der Waals surface area (Å²) in [4.78, 5) is 21.4. The van der Waals surface area contributed by atoms with Crippen LogP contribution in [0.3, 0.4) is 0 Å². The number of hydrogen-bond donors (Lipinski definition) is 3. The average Bonchev–Trinajstić information content (AvgIpc) is 3.65. The molecular formula is C73H66F3Ir2N5O5S-4. The maximum absolute atomic E-state index is 10.7. The fourth-order valence-corrected chi connectivity index (χ4v) is 7.46. The molecule has 0 fully saturated rings. The molecule has 2 radical (unpaired) electrons. The van der Waals surface area contributed by atoms with Gasteiger partial charge < -0.3 is 30.1 Å². The zero-order valence-corrected chi connectivity index (χ0v) is 53.8. The first kappa shape index (κ1) is 76.3. The van der Waals surface area contributed by atoms with Crippen molar-refractivity contribution in [2.45, 2.75) is 26.8 Å². The van der Waals surface area contributed by atoms with Gasteiger partial charge in [0.2, 0.25) is 0 Å². The summed E-state index contributed by atoms with van der Waals surface area (Å²) in [6.07, 6.45) is 9.06. The molecule has 462 valence electrons. The summed E-state index contributed by atoms with van der Waals surface area (Å²) >= 11 is 0. The molecule has 0 spiro atoms. The molecule has 7 aromatic carbocycles. The summed E-state index contributed by atoms with van der Waals surface area (Å²) < 4.78 is 57.5. The van der Waals surface area contributed by atoms with Crippen molar-refractivity contribution < 1.29 is 76.6 Å². The average molecular weight is 1570 g/mol. The van der Waals surface area contributed by atoms with E-state index >= 15 is 0 Å². The van der Waals surface area contributed by atoms with Crippen LogP contribution in [0.4, 0.5) is 13.2 Å². The summed E-state index contributed by atoms with van der Waals surface area (Å²) in [7, 11) is -3.84. The smallest absolute Gasteiger partial charge is 0.400 e. The van der Waals surface area contributed by atoms with E-state index < -0.39 is 15.6 Å². The van der Waals surface area contributed by atoms with E-state index in [4.69, 9.17) is 23.2 Å². The van der Waals surface area contributed by atoms with Crippen molar-refractivity contribution >= 4 is 10.1 Å². The second-order valence-electron chi connectivity index (χ2n) is 17.6. The molecule has 89 heavy (non-hydrogen) atoms. The van der Waals surface area contributed by atoms with E-state index in [0.29, 0.717) is 0 Å². The van der Waals surface area contributed by atoms with Gasteiger partial charge in [-0.3, -0.25) is 9.54 Å². The quantitative estimate of drug-likeness (QED) is 0.0796. The van der Waals surface area contributed by atoms with Crippen molar-refractivity contribution in [3.05, 3.63) is 321 Å². The second-order valence-corrected chi connectivity index (χ2v) is 19.0. The zero-order chi connectivity index (χ0) is 61.8. The van der Waals surface area contributed by atoms with Gasteiger partial charge >= 0.3 is 15.6 Å². The molecule has 0 bridgehead atoms. The number of aliphatic hydroxyl groups is 2. The summed E-state index contributed by atoms with van der Waals surface area (Å²) in [5.41, 5.74) is 12.0. The first-order valence-electron chi connectivity index (χ1n) is 26.5. The van der Waals surface area contributed by atoms with Crippen LogP contribution in [0, 0.1) is 38.1 Å². The number of nitrogens with zero attached hydrogens (tertiary/aromatic N) is 5. The Balaban J connectivity index is 0.000000365. The standard InChI is InChI=1S/C18H15N.C18H14N.3C11H8N.CHF3O3S.2CH4O.CH4.2Ir/c2*1-14-11-12-19-18(13-14)17-9-7-16(8-10-17)15-5-3-2-4-6-15;3*1-2-6-10(7-3-1)11-8-4-5-9-12-11;2-1(3,4)8(5,6)7;2*1-2;;;/h2-13H,1H3;2-9,11-13H,1H3;3*1-6,8-9H;(H,5,6,7);2*2H,1H3;1H4;;/q;4*-1;;;;;;. The van der Waals surface area contributed by atoms with E-state index in [9.17, 15) is 13.2 Å². The van der Waals surface area contributed by atoms with Crippen LogP contribution in [0.25, 0.3) is 78.5 Å². The van der Waals surface area contributed by atoms with E-state index in [1.807, 2.05) is 182 Å². The molecule has 16 heteroatoms. The molecule has 5 aromatic heterocycles. The predicted molar refractivity (Wildman–Crippen MR) is 345 cm³/mol. The van der Waals surface area contributed by atoms with Crippen molar-refractivity contribution in [3.63, 3.8) is 0 Å². The minimum atomic E-state index is -5.84. The van der Waals surface area contributed by atoms with Crippen LogP contribution >= 0.6 is 0 Å². The molecule has 5 heterocycles. The molecule has 0 aliphatic heterocycles. The van der Waals surface area contributed by atoms with Gasteiger partial charge in [-0.1, -0.05) is 152 Å². The van der Waals surface area contributed by atoms with Crippen molar-refractivity contribution in [2.75, 3.05) is 14.2 Å². The fourth-order valence-electron chi connectivity index (χ4n) is 7.46. The molecule has 0 aliphatic carbocycles. The summed E-state index contributed by atoms with van der Waals surface area (Å²) in [6.45, 7) is 4.16. The van der Waals surface area contributed by atoms with Crippen LogP contribution in [0.2, 0.25) is 0 Å². The molecule has 10 nitrogen and oxygen atoms in total. The Kier molecular flexibility index (Phi) is 36.1. The second kappa shape index (κ2) is 42.2. The van der Waals surface area contributed by atoms with Gasteiger partial charge in [0.25, 0.3) is 0 Å². The topological polar surface area (TPSA) is 159 Å². The molecule has 12 aromatic rings. The van der Waals surface area contributed by atoms with E-state index in [1.165, 1.54) is 33.4 Å². The van der Waals surface area contributed by atoms with E-state index in [1.54, 1.807) is 18.6 Å². The molecule has 0 atom stereocenters. The maximum Gasteiger partial charge on any atom is 0.522 e. The number of alkyl halides is 3. The molecule has 0 saturated carbocycles.